The van der Waals surface area contributed by atoms with E-state index in [0.717, 1.165) is 24.2 Å². The zero-order valence-electron chi connectivity index (χ0n) is 13.0. The number of ether oxygens (including phenoxy) is 1. The summed E-state index contributed by atoms with van der Waals surface area (Å²) in [7, 11) is 0. The Balaban J connectivity index is 1.55. The molecule has 4 bridgehead atoms. The zero-order chi connectivity index (χ0) is 15.0. The van der Waals surface area contributed by atoms with E-state index in [0.29, 0.717) is 11.8 Å². The van der Waals surface area contributed by atoms with Crippen molar-refractivity contribution < 1.29 is 14.3 Å². The SMILES string of the molecule is CCOC(=O)C(N)C(=O)CCC12CC3CC(CC(C3)C1)C2. The Bertz CT molecular complexity index is 396. The average molecular weight is 293 g/mol. The number of carbonyl (C=O) groups is 2. The molecule has 21 heavy (non-hydrogen) atoms. The first-order valence-corrected chi connectivity index (χ1v) is 8.46. The largest absolute Gasteiger partial charge is 0.464 e. The summed E-state index contributed by atoms with van der Waals surface area (Å²) < 4.78 is 4.84. The standard InChI is InChI=1S/C17H27NO3/c1-2-21-16(20)15(18)14(19)3-4-17-8-11-5-12(9-17)7-13(6-11)10-17/h11-13,15H,2-10,18H2,1H3. The summed E-state index contributed by atoms with van der Waals surface area (Å²) in [6, 6.07) is -1.08. The highest BCUT2D eigenvalue weighted by Crippen LogP contribution is 2.61. The molecule has 2 N–H and O–H groups in total. The van der Waals surface area contributed by atoms with E-state index in [1.807, 2.05) is 0 Å². The predicted molar refractivity (Wildman–Crippen MR) is 79.5 cm³/mol. The van der Waals surface area contributed by atoms with Crippen LogP contribution in [0.2, 0.25) is 0 Å². The van der Waals surface area contributed by atoms with Crippen LogP contribution in [-0.2, 0) is 14.3 Å². The molecule has 0 amide bonds. The second kappa shape index (κ2) is 5.71. The van der Waals surface area contributed by atoms with Gasteiger partial charge in [-0.05, 0) is 75.0 Å². The highest BCUT2D eigenvalue weighted by atomic mass is 16.5. The summed E-state index contributed by atoms with van der Waals surface area (Å²) in [4.78, 5) is 23.7. The van der Waals surface area contributed by atoms with E-state index in [1.165, 1.54) is 38.5 Å². The number of hydrogen-bond donors (Lipinski definition) is 1. The molecule has 4 aliphatic rings. The van der Waals surface area contributed by atoms with E-state index < -0.39 is 12.0 Å². The molecule has 0 aromatic rings. The molecule has 4 aliphatic carbocycles. The smallest absolute Gasteiger partial charge is 0.330 e. The molecule has 0 aliphatic heterocycles. The molecule has 4 heteroatoms. The van der Waals surface area contributed by atoms with Gasteiger partial charge in [0.1, 0.15) is 0 Å². The van der Waals surface area contributed by atoms with Crippen LogP contribution in [0.3, 0.4) is 0 Å². The summed E-state index contributed by atoms with van der Waals surface area (Å²) in [6.45, 7) is 2.00. The number of Topliss-reactive ketones (excluding diaryl/α,β-unsaturated/α-hetero) is 1. The van der Waals surface area contributed by atoms with Crippen LogP contribution in [-0.4, -0.2) is 24.4 Å². The van der Waals surface area contributed by atoms with Crippen molar-refractivity contribution in [3.8, 4) is 0 Å². The second-order valence-corrected chi connectivity index (χ2v) is 7.61. The third-order valence-electron chi connectivity index (χ3n) is 5.95. The lowest BCUT2D eigenvalue weighted by Crippen LogP contribution is -2.47. The van der Waals surface area contributed by atoms with Gasteiger partial charge >= 0.3 is 5.97 Å². The minimum absolute atomic E-state index is 0.149. The Kier molecular flexibility index (Phi) is 4.08. The van der Waals surface area contributed by atoms with E-state index in [1.54, 1.807) is 6.92 Å². The van der Waals surface area contributed by atoms with Crippen LogP contribution in [0.5, 0.6) is 0 Å². The van der Waals surface area contributed by atoms with Gasteiger partial charge in [0.25, 0.3) is 0 Å². The molecule has 4 nitrogen and oxygen atoms in total. The van der Waals surface area contributed by atoms with Crippen LogP contribution in [0, 0.1) is 23.2 Å². The van der Waals surface area contributed by atoms with Gasteiger partial charge in [0.2, 0.25) is 0 Å². The van der Waals surface area contributed by atoms with Crippen molar-refractivity contribution in [1.29, 1.82) is 0 Å². The van der Waals surface area contributed by atoms with Crippen molar-refractivity contribution in [2.45, 2.75) is 64.3 Å². The normalized spacial score (nSPS) is 38.3. The Hall–Kier alpha value is -0.900. The van der Waals surface area contributed by atoms with Crippen molar-refractivity contribution in [1.82, 2.24) is 0 Å². The Morgan fingerprint density at radius 2 is 1.67 bits per heavy atom. The molecule has 0 saturated heterocycles. The highest BCUT2D eigenvalue weighted by Gasteiger charge is 2.50. The van der Waals surface area contributed by atoms with Gasteiger partial charge in [-0.1, -0.05) is 0 Å². The molecule has 0 radical (unpaired) electrons. The van der Waals surface area contributed by atoms with Gasteiger partial charge in [0.05, 0.1) is 6.61 Å². The van der Waals surface area contributed by atoms with E-state index in [9.17, 15) is 9.59 Å². The van der Waals surface area contributed by atoms with Crippen LogP contribution in [0.1, 0.15) is 58.3 Å². The molecular weight excluding hydrogens is 266 g/mol. The summed E-state index contributed by atoms with van der Waals surface area (Å²) in [5, 5.41) is 0. The number of esters is 1. The lowest BCUT2D eigenvalue weighted by molar-refractivity contribution is -0.147. The van der Waals surface area contributed by atoms with Crippen molar-refractivity contribution in [2.24, 2.45) is 28.9 Å². The maximum atomic E-state index is 12.1. The van der Waals surface area contributed by atoms with Gasteiger partial charge in [0, 0.05) is 6.42 Å². The van der Waals surface area contributed by atoms with Crippen molar-refractivity contribution in [3.63, 3.8) is 0 Å². The minimum Gasteiger partial charge on any atom is -0.464 e. The third kappa shape index (κ3) is 3.01. The maximum absolute atomic E-state index is 12.1. The molecule has 0 aromatic carbocycles. The number of carbonyl (C=O) groups excluding carboxylic acids is 2. The van der Waals surface area contributed by atoms with E-state index in [-0.39, 0.29) is 12.4 Å². The first kappa shape index (κ1) is 15.0. The van der Waals surface area contributed by atoms with Crippen LogP contribution < -0.4 is 5.73 Å². The van der Waals surface area contributed by atoms with E-state index >= 15 is 0 Å². The second-order valence-electron chi connectivity index (χ2n) is 7.61. The van der Waals surface area contributed by atoms with Gasteiger partial charge in [-0.2, -0.15) is 0 Å². The lowest BCUT2D eigenvalue weighted by Gasteiger charge is -2.57. The zero-order valence-corrected chi connectivity index (χ0v) is 13.0. The molecule has 0 heterocycles. The molecule has 0 spiro atoms. The highest BCUT2D eigenvalue weighted by molar-refractivity contribution is 6.02. The predicted octanol–water partition coefficient (Wildman–Crippen LogP) is 2.44. The molecule has 0 aromatic heterocycles. The molecule has 4 saturated carbocycles. The molecule has 4 rings (SSSR count). The number of rotatable bonds is 6. The maximum Gasteiger partial charge on any atom is 0.330 e. The van der Waals surface area contributed by atoms with Crippen molar-refractivity contribution >= 4 is 11.8 Å². The summed E-state index contributed by atoms with van der Waals surface area (Å²) in [6.07, 6.45) is 9.47. The third-order valence-corrected chi connectivity index (χ3v) is 5.95. The molecule has 4 fully saturated rings. The molecular formula is C17H27NO3. The van der Waals surface area contributed by atoms with Crippen LogP contribution in [0.25, 0.3) is 0 Å². The Labute approximate surface area is 126 Å². The fraction of sp³-hybridized carbons (Fsp3) is 0.882. The summed E-state index contributed by atoms with van der Waals surface area (Å²) in [5.41, 5.74) is 6.07. The van der Waals surface area contributed by atoms with Gasteiger partial charge in [-0.25, -0.2) is 4.79 Å². The fourth-order valence-corrected chi connectivity index (χ4v) is 5.50. The first-order chi connectivity index (χ1) is 10.0. The minimum atomic E-state index is -1.08. The van der Waals surface area contributed by atoms with Gasteiger partial charge in [0.15, 0.2) is 11.8 Å². The molecule has 1 unspecified atom stereocenters. The van der Waals surface area contributed by atoms with Gasteiger partial charge < -0.3 is 10.5 Å². The van der Waals surface area contributed by atoms with Gasteiger partial charge in [-0.3, -0.25) is 4.79 Å². The topological polar surface area (TPSA) is 69.4 Å². The average Bonchev–Trinajstić information content (AvgIpc) is 2.43. The number of ketones is 1. The van der Waals surface area contributed by atoms with Gasteiger partial charge in [-0.15, -0.1) is 0 Å². The Morgan fingerprint density at radius 1 is 1.14 bits per heavy atom. The summed E-state index contributed by atoms with van der Waals surface area (Å²) >= 11 is 0. The first-order valence-electron chi connectivity index (χ1n) is 8.46. The van der Waals surface area contributed by atoms with Crippen LogP contribution in [0.4, 0.5) is 0 Å². The van der Waals surface area contributed by atoms with Crippen molar-refractivity contribution in [3.05, 3.63) is 0 Å². The summed E-state index contributed by atoms with van der Waals surface area (Å²) in [5.74, 6) is 1.96. The number of nitrogens with two attached hydrogens (primary N) is 1. The molecule has 118 valence electrons. The van der Waals surface area contributed by atoms with Crippen LogP contribution >= 0.6 is 0 Å². The quantitative estimate of drug-likeness (QED) is 0.603. The molecule has 1 atom stereocenters. The van der Waals surface area contributed by atoms with E-state index in [2.05, 4.69) is 0 Å². The van der Waals surface area contributed by atoms with E-state index in [4.69, 9.17) is 10.5 Å². The van der Waals surface area contributed by atoms with Crippen molar-refractivity contribution in [2.75, 3.05) is 6.61 Å². The van der Waals surface area contributed by atoms with Crippen LogP contribution in [0.15, 0.2) is 0 Å². The Morgan fingerprint density at radius 3 is 2.14 bits per heavy atom. The monoisotopic (exact) mass is 293 g/mol. The number of hydrogen-bond acceptors (Lipinski definition) is 4. The fourth-order valence-electron chi connectivity index (χ4n) is 5.50. The lowest BCUT2D eigenvalue weighted by atomic mass is 9.48.